The molecule has 0 aliphatic carbocycles. The minimum atomic E-state index is -0.307. The summed E-state index contributed by atoms with van der Waals surface area (Å²) in [4.78, 5) is 32.3. The van der Waals surface area contributed by atoms with Crippen LogP contribution in [0.25, 0.3) is 0 Å². The number of hydrogen-bond donors (Lipinski definition) is 0. The van der Waals surface area contributed by atoms with Crippen LogP contribution in [0.5, 0.6) is 0 Å². The molecule has 0 N–H and O–H groups in total. The van der Waals surface area contributed by atoms with E-state index in [2.05, 4.69) is 39.2 Å². The molecule has 2 fully saturated rings. The Bertz CT molecular complexity index is 1220. The summed E-state index contributed by atoms with van der Waals surface area (Å²) in [6, 6.07) is 16.0. The molecule has 2 saturated heterocycles. The van der Waals surface area contributed by atoms with Crippen molar-refractivity contribution in [3.05, 3.63) is 74.7 Å². The number of aromatic nitrogens is 2. The third-order valence-electron chi connectivity index (χ3n) is 7.21. The van der Waals surface area contributed by atoms with Crippen molar-refractivity contribution in [1.29, 1.82) is 0 Å². The SMILES string of the molecule is CN1CCN(Cc2ccc(N3CC(C(=O)Cc4nnc(CCc5ccc(Cl)cc5)s4)CC3=O)cc2)CC1. The van der Waals surface area contributed by atoms with Crippen LogP contribution in [-0.4, -0.2) is 71.5 Å². The third-order valence-corrected chi connectivity index (χ3v) is 8.44. The summed E-state index contributed by atoms with van der Waals surface area (Å²) in [6.07, 6.45) is 2.10. The highest BCUT2D eigenvalue weighted by molar-refractivity contribution is 7.11. The Labute approximate surface area is 227 Å². The largest absolute Gasteiger partial charge is 0.312 e. The zero-order valence-electron chi connectivity index (χ0n) is 21.1. The maximum atomic E-state index is 13.0. The lowest BCUT2D eigenvalue weighted by molar-refractivity contribution is -0.124. The number of carbonyl (C=O) groups excluding carboxylic acids is 2. The summed E-state index contributed by atoms with van der Waals surface area (Å²) < 4.78 is 0. The molecule has 1 aromatic heterocycles. The van der Waals surface area contributed by atoms with Gasteiger partial charge >= 0.3 is 0 Å². The number of hydrogen-bond acceptors (Lipinski definition) is 7. The standard InChI is InChI=1S/C28H32ClN5O2S/c1-32-12-14-33(15-13-32)18-21-4-9-24(10-5-21)34-19-22(16-28(34)36)25(35)17-27-31-30-26(37-27)11-6-20-2-7-23(29)8-3-20/h2-5,7-10,22H,6,11-19H2,1H3. The topological polar surface area (TPSA) is 69.6 Å². The first-order valence-electron chi connectivity index (χ1n) is 12.8. The summed E-state index contributed by atoms with van der Waals surface area (Å²) in [5.41, 5.74) is 3.30. The lowest BCUT2D eigenvalue weighted by Gasteiger charge is -2.32. The summed E-state index contributed by atoms with van der Waals surface area (Å²) in [5.74, 6) is -0.243. The van der Waals surface area contributed by atoms with Crippen molar-refractivity contribution in [2.24, 2.45) is 5.92 Å². The number of aryl methyl sites for hydroxylation is 2. The van der Waals surface area contributed by atoms with Crippen molar-refractivity contribution in [2.75, 3.05) is 44.7 Å². The van der Waals surface area contributed by atoms with E-state index >= 15 is 0 Å². The molecule has 3 aromatic rings. The number of piperazine rings is 1. The fourth-order valence-corrected chi connectivity index (χ4v) is 5.85. The number of nitrogens with zero attached hydrogens (tertiary/aromatic N) is 5. The summed E-state index contributed by atoms with van der Waals surface area (Å²) in [5, 5.41) is 10.9. The first-order valence-corrected chi connectivity index (χ1v) is 14.0. The number of Topliss-reactive ketones (excluding diaryl/α,β-unsaturated/α-hetero) is 1. The highest BCUT2D eigenvalue weighted by atomic mass is 35.5. The Hall–Kier alpha value is -2.65. The van der Waals surface area contributed by atoms with Gasteiger partial charge in [-0.1, -0.05) is 35.9 Å². The molecule has 0 radical (unpaired) electrons. The van der Waals surface area contributed by atoms with Crippen molar-refractivity contribution in [3.63, 3.8) is 0 Å². The molecule has 3 heterocycles. The number of likely N-dealkylation sites (N-methyl/N-ethyl adjacent to an activating group) is 1. The molecular weight excluding hydrogens is 506 g/mol. The normalized spacial score (nSPS) is 19.0. The van der Waals surface area contributed by atoms with E-state index in [0.717, 1.165) is 66.3 Å². The van der Waals surface area contributed by atoms with Crippen LogP contribution in [0.1, 0.15) is 27.6 Å². The summed E-state index contributed by atoms with van der Waals surface area (Å²) in [7, 11) is 2.16. The van der Waals surface area contributed by atoms with E-state index in [4.69, 9.17) is 11.6 Å². The number of carbonyl (C=O) groups is 2. The molecule has 37 heavy (non-hydrogen) atoms. The van der Waals surface area contributed by atoms with Crippen LogP contribution in [0.3, 0.4) is 0 Å². The lowest BCUT2D eigenvalue weighted by Crippen LogP contribution is -2.43. The van der Waals surface area contributed by atoms with Gasteiger partial charge in [0, 0.05) is 68.7 Å². The Morgan fingerprint density at radius 2 is 1.62 bits per heavy atom. The second kappa shape index (κ2) is 11.8. The number of halogens is 1. The smallest absolute Gasteiger partial charge is 0.227 e. The van der Waals surface area contributed by atoms with Crippen LogP contribution >= 0.6 is 22.9 Å². The minimum absolute atomic E-state index is 0.00563. The molecule has 0 spiro atoms. The highest BCUT2D eigenvalue weighted by Gasteiger charge is 2.35. The molecule has 2 aromatic carbocycles. The Kier molecular flexibility index (Phi) is 8.30. The van der Waals surface area contributed by atoms with Gasteiger partial charge < -0.3 is 9.80 Å². The van der Waals surface area contributed by atoms with E-state index in [-0.39, 0.29) is 30.4 Å². The molecule has 1 unspecified atom stereocenters. The summed E-state index contributed by atoms with van der Waals surface area (Å²) >= 11 is 7.43. The van der Waals surface area contributed by atoms with E-state index in [0.29, 0.717) is 6.54 Å². The van der Waals surface area contributed by atoms with Crippen LogP contribution < -0.4 is 4.90 Å². The van der Waals surface area contributed by atoms with Gasteiger partial charge in [-0.05, 0) is 48.9 Å². The zero-order chi connectivity index (χ0) is 25.8. The fraction of sp³-hybridized carbons (Fsp3) is 0.429. The van der Waals surface area contributed by atoms with Gasteiger partial charge in [-0.15, -0.1) is 21.5 Å². The van der Waals surface area contributed by atoms with Crippen LogP contribution in [0.15, 0.2) is 48.5 Å². The van der Waals surface area contributed by atoms with Gasteiger partial charge in [0.2, 0.25) is 5.91 Å². The van der Waals surface area contributed by atoms with E-state index in [1.165, 1.54) is 22.5 Å². The van der Waals surface area contributed by atoms with Crippen LogP contribution in [0, 0.1) is 5.92 Å². The number of amides is 1. The molecule has 5 rings (SSSR count). The monoisotopic (exact) mass is 537 g/mol. The number of rotatable bonds is 9. The average molecular weight is 538 g/mol. The maximum Gasteiger partial charge on any atom is 0.227 e. The average Bonchev–Trinajstić information content (AvgIpc) is 3.52. The molecule has 0 saturated carbocycles. The molecule has 2 aliphatic rings. The zero-order valence-corrected chi connectivity index (χ0v) is 22.7. The first kappa shape index (κ1) is 26.0. The van der Waals surface area contributed by atoms with Gasteiger partial charge in [0.05, 0.1) is 6.42 Å². The molecule has 194 valence electrons. The number of benzene rings is 2. The van der Waals surface area contributed by atoms with Crippen LogP contribution in [0.2, 0.25) is 5.02 Å². The van der Waals surface area contributed by atoms with Gasteiger partial charge in [-0.2, -0.15) is 0 Å². The van der Waals surface area contributed by atoms with Gasteiger partial charge in [0.25, 0.3) is 0 Å². The molecule has 1 atom stereocenters. The van der Waals surface area contributed by atoms with Gasteiger partial charge in [-0.25, -0.2) is 0 Å². The third kappa shape index (κ3) is 6.82. The Balaban J connectivity index is 1.12. The van der Waals surface area contributed by atoms with Crippen molar-refractivity contribution in [1.82, 2.24) is 20.0 Å². The lowest BCUT2D eigenvalue weighted by atomic mass is 10.0. The molecule has 9 heteroatoms. The number of ketones is 1. The minimum Gasteiger partial charge on any atom is -0.312 e. The molecule has 7 nitrogen and oxygen atoms in total. The fourth-order valence-electron chi connectivity index (χ4n) is 4.87. The van der Waals surface area contributed by atoms with Crippen molar-refractivity contribution in [2.45, 2.75) is 32.2 Å². The van der Waals surface area contributed by atoms with Gasteiger partial charge in [-0.3, -0.25) is 14.5 Å². The molecule has 1 amide bonds. The van der Waals surface area contributed by atoms with E-state index in [1.54, 1.807) is 4.90 Å². The number of anilines is 1. The Morgan fingerprint density at radius 3 is 2.35 bits per heavy atom. The van der Waals surface area contributed by atoms with E-state index in [9.17, 15) is 9.59 Å². The van der Waals surface area contributed by atoms with Crippen molar-refractivity contribution in [3.8, 4) is 0 Å². The second-order valence-electron chi connectivity index (χ2n) is 10.0. The second-order valence-corrected chi connectivity index (χ2v) is 11.6. The summed E-state index contributed by atoms with van der Waals surface area (Å²) in [6.45, 7) is 5.69. The predicted molar refractivity (Wildman–Crippen MR) is 147 cm³/mol. The van der Waals surface area contributed by atoms with Gasteiger partial charge in [0.15, 0.2) is 0 Å². The highest BCUT2D eigenvalue weighted by Crippen LogP contribution is 2.27. The van der Waals surface area contributed by atoms with Crippen molar-refractivity contribution >= 4 is 40.3 Å². The molecule has 2 aliphatic heterocycles. The van der Waals surface area contributed by atoms with E-state index in [1.807, 2.05) is 36.4 Å². The predicted octanol–water partition coefficient (Wildman–Crippen LogP) is 3.89. The quantitative estimate of drug-likeness (QED) is 0.412. The van der Waals surface area contributed by atoms with Gasteiger partial charge in [0.1, 0.15) is 15.8 Å². The maximum absolute atomic E-state index is 13.0. The Morgan fingerprint density at radius 1 is 0.946 bits per heavy atom. The van der Waals surface area contributed by atoms with Crippen LogP contribution in [0.4, 0.5) is 5.69 Å². The van der Waals surface area contributed by atoms with Crippen LogP contribution in [-0.2, 0) is 35.4 Å². The van der Waals surface area contributed by atoms with Crippen molar-refractivity contribution < 1.29 is 9.59 Å². The molecular formula is C28H32ClN5O2S. The van der Waals surface area contributed by atoms with E-state index < -0.39 is 0 Å². The first-order chi connectivity index (χ1) is 17.9. The molecule has 0 bridgehead atoms.